The number of carbonyl (C=O) groups excluding carboxylic acids is 1. The van der Waals surface area contributed by atoms with E-state index in [4.69, 9.17) is 4.74 Å². The minimum Gasteiger partial charge on any atom is -0.378 e. The first-order valence-electron chi connectivity index (χ1n) is 6.46. The molecule has 0 saturated carbocycles. The van der Waals surface area contributed by atoms with E-state index >= 15 is 0 Å². The quantitative estimate of drug-likeness (QED) is 0.907. The predicted octanol–water partition coefficient (Wildman–Crippen LogP) is 2.57. The fraction of sp³-hybridized carbons (Fsp3) is 0.615. The van der Waals surface area contributed by atoms with Gasteiger partial charge in [-0.05, 0) is 48.2 Å². The maximum Gasteiger partial charge on any atom is 0.267 e. The van der Waals surface area contributed by atoms with Crippen molar-refractivity contribution in [2.24, 2.45) is 0 Å². The number of aryl methyl sites for hydroxylation is 1. The molecule has 0 radical (unpaired) electrons. The standard InChI is InChI=1S/C13H19BrN2O2/c1-2-16-9-10(14)8-12(16)13(17)15-6-5-11-4-3-7-18-11/h8-9,11H,2-7H2,1H3,(H,15,17). The van der Waals surface area contributed by atoms with Gasteiger partial charge in [0.2, 0.25) is 0 Å². The molecule has 1 aliphatic heterocycles. The Morgan fingerprint density at radius 3 is 3.17 bits per heavy atom. The Bertz CT molecular complexity index is 411. The van der Waals surface area contributed by atoms with Gasteiger partial charge >= 0.3 is 0 Å². The molecular formula is C13H19BrN2O2. The van der Waals surface area contributed by atoms with Crippen molar-refractivity contribution in [3.05, 3.63) is 22.4 Å². The molecule has 1 N–H and O–H groups in total. The van der Waals surface area contributed by atoms with E-state index in [1.54, 1.807) is 0 Å². The molecule has 18 heavy (non-hydrogen) atoms. The first kappa shape index (κ1) is 13.6. The number of hydrogen-bond acceptors (Lipinski definition) is 2. The van der Waals surface area contributed by atoms with Crippen LogP contribution >= 0.6 is 15.9 Å². The van der Waals surface area contributed by atoms with Gasteiger partial charge in [0.1, 0.15) is 5.69 Å². The summed E-state index contributed by atoms with van der Waals surface area (Å²) < 4.78 is 8.40. The van der Waals surface area contributed by atoms with Crippen molar-refractivity contribution in [1.29, 1.82) is 0 Å². The molecule has 4 nitrogen and oxygen atoms in total. The van der Waals surface area contributed by atoms with Crippen molar-refractivity contribution in [3.8, 4) is 0 Å². The summed E-state index contributed by atoms with van der Waals surface area (Å²) in [5.74, 6) is -0.0134. The number of carbonyl (C=O) groups is 1. The van der Waals surface area contributed by atoms with Gasteiger partial charge in [0.05, 0.1) is 6.10 Å². The van der Waals surface area contributed by atoms with E-state index in [9.17, 15) is 4.79 Å². The molecule has 1 aliphatic rings. The summed E-state index contributed by atoms with van der Waals surface area (Å²) in [7, 11) is 0. The van der Waals surface area contributed by atoms with Crippen LogP contribution in [0.1, 0.15) is 36.7 Å². The molecule has 1 saturated heterocycles. The van der Waals surface area contributed by atoms with Crippen LogP contribution in [0.3, 0.4) is 0 Å². The summed E-state index contributed by atoms with van der Waals surface area (Å²) in [4.78, 5) is 12.0. The minimum atomic E-state index is -0.0134. The zero-order valence-corrected chi connectivity index (χ0v) is 12.2. The highest BCUT2D eigenvalue weighted by Gasteiger charge is 2.16. The third kappa shape index (κ3) is 3.36. The average Bonchev–Trinajstić information content (AvgIpc) is 2.98. The molecule has 1 atom stereocenters. The van der Waals surface area contributed by atoms with Crippen molar-refractivity contribution in [1.82, 2.24) is 9.88 Å². The molecule has 2 rings (SSSR count). The number of hydrogen-bond donors (Lipinski definition) is 1. The van der Waals surface area contributed by atoms with Crippen LogP contribution in [0.15, 0.2) is 16.7 Å². The van der Waals surface area contributed by atoms with Gasteiger partial charge in [0, 0.05) is 30.4 Å². The number of nitrogens with one attached hydrogen (secondary N) is 1. The van der Waals surface area contributed by atoms with E-state index in [0.29, 0.717) is 18.3 Å². The van der Waals surface area contributed by atoms with Crippen molar-refractivity contribution in [2.45, 2.75) is 38.8 Å². The monoisotopic (exact) mass is 314 g/mol. The lowest BCUT2D eigenvalue weighted by molar-refractivity contribution is 0.0900. The van der Waals surface area contributed by atoms with Crippen molar-refractivity contribution < 1.29 is 9.53 Å². The highest BCUT2D eigenvalue weighted by Crippen LogP contribution is 2.16. The Morgan fingerprint density at radius 2 is 2.50 bits per heavy atom. The molecule has 1 aromatic rings. The van der Waals surface area contributed by atoms with Crippen LogP contribution in [0.2, 0.25) is 0 Å². The Morgan fingerprint density at radius 1 is 1.67 bits per heavy atom. The number of amides is 1. The summed E-state index contributed by atoms with van der Waals surface area (Å²) in [6.45, 7) is 4.36. The number of halogens is 1. The Hall–Kier alpha value is -0.810. The normalized spacial score (nSPS) is 19.1. The smallest absolute Gasteiger partial charge is 0.267 e. The second kappa shape index (κ2) is 6.38. The molecule has 0 aliphatic carbocycles. The third-order valence-corrected chi connectivity index (χ3v) is 3.65. The van der Waals surface area contributed by atoms with Gasteiger partial charge in [0.25, 0.3) is 5.91 Å². The lowest BCUT2D eigenvalue weighted by Crippen LogP contribution is -2.28. The van der Waals surface area contributed by atoms with Gasteiger partial charge in [0.15, 0.2) is 0 Å². The first-order chi connectivity index (χ1) is 8.70. The molecule has 1 fully saturated rings. The summed E-state index contributed by atoms with van der Waals surface area (Å²) in [6, 6.07) is 1.85. The second-order valence-corrected chi connectivity index (χ2v) is 5.42. The molecule has 2 heterocycles. The van der Waals surface area contributed by atoms with Crippen LogP contribution in [0.4, 0.5) is 0 Å². The molecule has 1 amide bonds. The van der Waals surface area contributed by atoms with Crippen molar-refractivity contribution in [2.75, 3.05) is 13.2 Å². The van der Waals surface area contributed by atoms with Gasteiger partial charge in [-0.15, -0.1) is 0 Å². The van der Waals surface area contributed by atoms with Crippen LogP contribution in [0.5, 0.6) is 0 Å². The Balaban J connectivity index is 1.83. The van der Waals surface area contributed by atoms with Crippen LogP contribution in [0.25, 0.3) is 0 Å². The SMILES string of the molecule is CCn1cc(Br)cc1C(=O)NCCC1CCCO1. The summed E-state index contributed by atoms with van der Waals surface area (Å²) in [5, 5.41) is 2.95. The predicted molar refractivity (Wildman–Crippen MR) is 73.7 cm³/mol. The van der Waals surface area contributed by atoms with E-state index in [-0.39, 0.29) is 5.91 Å². The highest BCUT2D eigenvalue weighted by molar-refractivity contribution is 9.10. The largest absolute Gasteiger partial charge is 0.378 e. The molecule has 0 bridgehead atoms. The molecule has 100 valence electrons. The fourth-order valence-electron chi connectivity index (χ4n) is 2.24. The molecule has 0 aromatic carbocycles. The lowest BCUT2D eigenvalue weighted by Gasteiger charge is -2.11. The second-order valence-electron chi connectivity index (χ2n) is 4.51. The van der Waals surface area contributed by atoms with Crippen LogP contribution in [-0.2, 0) is 11.3 Å². The van der Waals surface area contributed by atoms with Crippen LogP contribution in [0, 0.1) is 0 Å². The van der Waals surface area contributed by atoms with E-state index in [1.165, 1.54) is 0 Å². The maximum absolute atomic E-state index is 12.0. The summed E-state index contributed by atoms with van der Waals surface area (Å²) in [6.07, 6.45) is 5.42. The number of aromatic nitrogens is 1. The fourth-order valence-corrected chi connectivity index (χ4v) is 2.70. The van der Waals surface area contributed by atoms with E-state index < -0.39 is 0 Å². The van der Waals surface area contributed by atoms with Crippen LogP contribution < -0.4 is 5.32 Å². The number of ether oxygens (including phenoxy) is 1. The molecule has 1 unspecified atom stereocenters. The molecule has 0 spiro atoms. The zero-order valence-electron chi connectivity index (χ0n) is 10.6. The third-order valence-electron chi connectivity index (χ3n) is 3.21. The van der Waals surface area contributed by atoms with Crippen molar-refractivity contribution >= 4 is 21.8 Å². The van der Waals surface area contributed by atoms with E-state index in [1.807, 2.05) is 23.8 Å². The van der Waals surface area contributed by atoms with E-state index in [0.717, 1.165) is 36.9 Å². The van der Waals surface area contributed by atoms with Gasteiger partial charge in [-0.25, -0.2) is 0 Å². The summed E-state index contributed by atoms with van der Waals surface area (Å²) >= 11 is 3.39. The van der Waals surface area contributed by atoms with Crippen molar-refractivity contribution in [3.63, 3.8) is 0 Å². The zero-order chi connectivity index (χ0) is 13.0. The Labute approximate surface area is 116 Å². The summed E-state index contributed by atoms with van der Waals surface area (Å²) in [5.41, 5.74) is 0.705. The number of rotatable bonds is 5. The average molecular weight is 315 g/mol. The van der Waals surface area contributed by atoms with Gasteiger partial charge in [-0.3, -0.25) is 4.79 Å². The lowest BCUT2D eigenvalue weighted by atomic mass is 10.2. The van der Waals surface area contributed by atoms with Gasteiger partial charge in [-0.1, -0.05) is 0 Å². The Kier molecular flexibility index (Phi) is 4.83. The maximum atomic E-state index is 12.0. The van der Waals surface area contributed by atoms with E-state index in [2.05, 4.69) is 21.2 Å². The molecule has 1 aromatic heterocycles. The van der Waals surface area contributed by atoms with Gasteiger partial charge in [-0.2, -0.15) is 0 Å². The molecular weight excluding hydrogens is 296 g/mol. The minimum absolute atomic E-state index is 0.0134. The molecule has 5 heteroatoms. The first-order valence-corrected chi connectivity index (χ1v) is 7.25. The highest BCUT2D eigenvalue weighted by atomic mass is 79.9. The van der Waals surface area contributed by atoms with Gasteiger partial charge < -0.3 is 14.6 Å². The number of nitrogens with zero attached hydrogens (tertiary/aromatic N) is 1. The topological polar surface area (TPSA) is 43.3 Å². The van der Waals surface area contributed by atoms with Crippen LogP contribution in [-0.4, -0.2) is 29.7 Å².